The molecule has 5 heteroatoms. The van der Waals surface area contributed by atoms with E-state index < -0.39 is 29.9 Å². The van der Waals surface area contributed by atoms with Crippen LogP contribution in [0.15, 0.2) is 30.3 Å². The van der Waals surface area contributed by atoms with Gasteiger partial charge < -0.3 is 5.11 Å². The standard InChI is InChI=1S/C13H15F3O2/c1-12(2,13(14,15)16)10(8-11(17)18)9-6-4-3-5-7-9/h3-7,10H,8H2,1-2H3,(H,17,18). The van der Waals surface area contributed by atoms with Gasteiger partial charge in [0.05, 0.1) is 11.8 Å². The maximum atomic E-state index is 13.0. The molecule has 0 heterocycles. The Balaban J connectivity index is 3.18. The topological polar surface area (TPSA) is 37.3 Å². The molecule has 1 rings (SSSR count). The summed E-state index contributed by atoms with van der Waals surface area (Å²) >= 11 is 0. The molecule has 1 atom stereocenters. The first kappa shape index (κ1) is 14.5. The number of hydrogen-bond acceptors (Lipinski definition) is 1. The Morgan fingerprint density at radius 2 is 1.72 bits per heavy atom. The van der Waals surface area contributed by atoms with Crippen molar-refractivity contribution in [2.75, 3.05) is 0 Å². The number of rotatable bonds is 4. The Morgan fingerprint density at radius 1 is 1.22 bits per heavy atom. The van der Waals surface area contributed by atoms with Gasteiger partial charge in [0.1, 0.15) is 0 Å². The third-order valence-electron chi connectivity index (χ3n) is 3.18. The van der Waals surface area contributed by atoms with Gasteiger partial charge in [0.2, 0.25) is 0 Å². The van der Waals surface area contributed by atoms with Crippen molar-refractivity contribution in [2.24, 2.45) is 5.41 Å². The molecule has 0 radical (unpaired) electrons. The molecule has 0 aliphatic rings. The minimum atomic E-state index is -4.46. The summed E-state index contributed by atoms with van der Waals surface area (Å²) in [5.41, 5.74) is -1.70. The molecule has 1 aromatic carbocycles. The quantitative estimate of drug-likeness (QED) is 0.893. The van der Waals surface area contributed by atoms with Gasteiger partial charge in [0.15, 0.2) is 0 Å². The predicted molar refractivity (Wildman–Crippen MR) is 61.3 cm³/mol. The molecule has 1 N–H and O–H groups in total. The molecule has 1 unspecified atom stereocenters. The number of carboxylic acid groups (broad SMARTS) is 1. The normalized spacial score (nSPS) is 14.3. The first-order valence-corrected chi connectivity index (χ1v) is 5.49. The van der Waals surface area contributed by atoms with Gasteiger partial charge in [-0.15, -0.1) is 0 Å². The Hall–Kier alpha value is -1.52. The first-order chi connectivity index (χ1) is 8.16. The Bertz CT molecular complexity index is 410. The minimum absolute atomic E-state index is 0.391. The van der Waals surface area contributed by atoms with E-state index in [4.69, 9.17) is 5.11 Å². The highest BCUT2D eigenvalue weighted by Gasteiger charge is 2.53. The SMILES string of the molecule is CC(C)(C(CC(=O)O)c1ccccc1)C(F)(F)F. The third kappa shape index (κ3) is 3.03. The van der Waals surface area contributed by atoms with Crippen LogP contribution in [0.5, 0.6) is 0 Å². The lowest BCUT2D eigenvalue weighted by Gasteiger charge is -2.35. The van der Waals surface area contributed by atoms with Crippen molar-refractivity contribution >= 4 is 5.97 Å². The van der Waals surface area contributed by atoms with Crippen LogP contribution < -0.4 is 0 Å². The molecular formula is C13H15F3O2. The highest BCUT2D eigenvalue weighted by Crippen LogP contribution is 2.49. The second-order valence-electron chi connectivity index (χ2n) is 4.78. The largest absolute Gasteiger partial charge is 0.481 e. The van der Waals surface area contributed by atoms with Gasteiger partial charge in [-0.1, -0.05) is 44.2 Å². The number of carboxylic acids is 1. The van der Waals surface area contributed by atoms with E-state index in [9.17, 15) is 18.0 Å². The van der Waals surface area contributed by atoms with Crippen LogP contribution in [0.4, 0.5) is 13.2 Å². The molecule has 2 nitrogen and oxygen atoms in total. The van der Waals surface area contributed by atoms with Crippen molar-refractivity contribution in [3.05, 3.63) is 35.9 Å². The van der Waals surface area contributed by atoms with E-state index in [1.807, 2.05) is 0 Å². The van der Waals surface area contributed by atoms with Gasteiger partial charge in [-0.05, 0) is 5.56 Å². The van der Waals surface area contributed by atoms with Gasteiger partial charge in [0.25, 0.3) is 0 Å². The lowest BCUT2D eigenvalue weighted by Crippen LogP contribution is -2.38. The second-order valence-corrected chi connectivity index (χ2v) is 4.78. The van der Waals surface area contributed by atoms with Crippen LogP contribution in [0.3, 0.4) is 0 Å². The number of halogens is 3. The summed E-state index contributed by atoms with van der Waals surface area (Å²) in [6.07, 6.45) is -5.00. The summed E-state index contributed by atoms with van der Waals surface area (Å²) in [6.45, 7) is 2.07. The smallest absolute Gasteiger partial charge is 0.394 e. The molecule has 0 saturated carbocycles. The molecule has 0 bridgehead atoms. The molecule has 100 valence electrons. The summed E-state index contributed by atoms with van der Waals surface area (Å²) in [5, 5.41) is 8.81. The van der Waals surface area contributed by atoms with Crippen LogP contribution in [-0.2, 0) is 4.79 Å². The van der Waals surface area contributed by atoms with E-state index >= 15 is 0 Å². The van der Waals surface area contributed by atoms with Crippen molar-refractivity contribution < 1.29 is 23.1 Å². The summed E-state index contributed by atoms with van der Waals surface area (Å²) in [7, 11) is 0. The molecule has 0 amide bonds. The van der Waals surface area contributed by atoms with Gasteiger partial charge in [0, 0.05) is 5.92 Å². The summed E-state index contributed by atoms with van der Waals surface area (Å²) in [4.78, 5) is 10.8. The maximum absolute atomic E-state index is 13.0. The fraction of sp³-hybridized carbons (Fsp3) is 0.462. The molecule has 0 spiro atoms. The summed E-state index contributed by atoms with van der Waals surface area (Å²) in [5.74, 6) is -2.34. The Labute approximate surface area is 103 Å². The predicted octanol–water partition coefficient (Wildman–Crippen LogP) is 3.83. The van der Waals surface area contributed by atoms with Crippen LogP contribution in [0.25, 0.3) is 0 Å². The molecule has 0 aliphatic heterocycles. The van der Waals surface area contributed by atoms with Crippen molar-refractivity contribution in [1.29, 1.82) is 0 Å². The summed E-state index contributed by atoms with van der Waals surface area (Å²) < 4.78 is 39.1. The lowest BCUT2D eigenvalue weighted by molar-refractivity contribution is -0.220. The second kappa shape index (κ2) is 5.00. The van der Waals surface area contributed by atoms with Crippen LogP contribution >= 0.6 is 0 Å². The number of aliphatic carboxylic acids is 1. The van der Waals surface area contributed by atoms with Gasteiger partial charge >= 0.3 is 12.1 Å². The van der Waals surface area contributed by atoms with Gasteiger partial charge in [-0.25, -0.2) is 0 Å². The number of hydrogen-bond donors (Lipinski definition) is 1. The van der Waals surface area contributed by atoms with Crippen LogP contribution in [0, 0.1) is 5.41 Å². The first-order valence-electron chi connectivity index (χ1n) is 5.49. The van der Waals surface area contributed by atoms with Crippen LogP contribution in [-0.4, -0.2) is 17.3 Å². The highest BCUT2D eigenvalue weighted by atomic mass is 19.4. The monoisotopic (exact) mass is 260 g/mol. The van der Waals surface area contributed by atoms with E-state index in [2.05, 4.69) is 0 Å². The molecule has 1 aromatic rings. The Morgan fingerprint density at radius 3 is 2.11 bits per heavy atom. The van der Waals surface area contributed by atoms with Crippen molar-refractivity contribution in [3.63, 3.8) is 0 Å². The van der Waals surface area contributed by atoms with Crippen molar-refractivity contribution in [3.8, 4) is 0 Å². The van der Waals surface area contributed by atoms with Crippen LogP contribution in [0.2, 0.25) is 0 Å². The number of alkyl halides is 3. The number of benzene rings is 1. The van der Waals surface area contributed by atoms with E-state index in [-0.39, 0.29) is 0 Å². The molecule has 0 saturated heterocycles. The van der Waals surface area contributed by atoms with Crippen LogP contribution in [0.1, 0.15) is 31.7 Å². The number of carbonyl (C=O) groups is 1. The average molecular weight is 260 g/mol. The summed E-state index contributed by atoms with van der Waals surface area (Å²) in [6, 6.07) is 7.96. The van der Waals surface area contributed by atoms with E-state index in [1.165, 1.54) is 12.1 Å². The van der Waals surface area contributed by atoms with E-state index in [1.54, 1.807) is 18.2 Å². The van der Waals surface area contributed by atoms with E-state index in [0.29, 0.717) is 5.56 Å². The van der Waals surface area contributed by atoms with Crippen molar-refractivity contribution in [1.82, 2.24) is 0 Å². The molecule has 0 fully saturated rings. The maximum Gasteiger partial charge on any atom is 0.394 e. The molecular weight excluding hydrogens is 245 g/mol. The highest BCUT2D eigenvalue weighted by molar-refractivity contribution is 5.68. The van der Waals surface area contributed by atoms with Crippen molar-refractivity contribution in [2.45, 2.75) is 32.4 Å². The zero-order chi connectivity index (χ0) is 14.0. The molecule has 18 heavy (non-hydrogen) atoms. The zero-order valence-corrected chi connectivity index (χ0v) is 10.2. The molecule has 0 aromatic heterocycles. The lowest BCUT2D eigenvalue weighted by atomic mass is 9.72. The fourth-order valence-electron chi connectivity index (χ4n) is 1.85. The zero-order valence-electron chi connectivity index (χ0n) is 10.2. The van der Waals surface area contributed by atoms with Gasteiger partial charge in [-0.3, -0.25) is 4.79 Å². The third-order valence-corrected chi connectivity index (χ3v) is 3.18. The van der Waals surface area contributed by atoms with Gasteiger partial charge in [-0.2, -0.15) is 13.2 Å². The molecule has 0 aliphatic carbocycles. The minimum Gasteiger partial charge on any atom is -0.481 e. The van der Waals surface area contributed by atoms with E-state index in [0.717, 1.165) is 13.8 Å². The average Bonchev–Trinajstić information content (AvgIpc) is 2.25. The Kier molecular flexibility index (Phi) is 4.04. The fourth-order valence-corrected chi connectivity index (χ4v) is 1.85.